The molecule has 1 aliphatic rings. The van der Waals surface area contributed by atoms with Crippen molar-refractivity contribution in [2.24, 2.45) is 16.5 Å². The molecule has 0 aliphatic heterocycles. The molecule has 0 atom stereocenters. The van der Waals surface area contributed by atoms with Crippen LogP contribution in [0.4, 0.5) is 0 Å². The van der Waals surface area contributed by atoms with Gasteiger partial charge in [-0.05, 0) is 42.9 Å². The second kappa shape index (κ2) is 6.28. The summed E-state index contributed by atoms with van der Waals surface area (Å²) in [5.74, 6) is 1.18. The number of hydrogen-bond donors (Lipinski definition) is 2. The van der Waals surface area contributed by atoms with E-state index in [-0.39, 0.29) is 5.96 Å². The van der Waals surface area contributed by atoms with Crippen molar-refractivity contribution in [2.75, 3.05) is 13.2 Å². The van der Waals surface area contributed by atoms with E-state index in [0.717, 1.165) is 18.6 Å². The van der Waals surface area contributed by atoms with Crippen LogP contribution in [0.25, 0.3) is 0 Å². The smallest absolute Gasteiger partial charge is 0.185 e. The van der Waals surface area contributed by atoms with E-state index in [0.29, 0.717) is 13.2 Å². The number of ether oxygens (including phenoxy) is 1. The maximum absolute atomic E-state index is 5.84. The molecular formula is C14H21N3O. The minimum Gasteiger partial charge on any atom is -0.493 e. The van der Waals surface area contributed by atoms with Crippen LogP contribution >= 0.6 is 0 Å². The quantitative estimate of drug-likeness (QED) is 0.471. The Morgan fingerprint density at radius 1 is 1.22 bits per heavy atom. The minimum atomic E-state index is 0.145. The van der Waals surface area contributed by atoms with Gasteiger partial charge in [-0.1, -0.05) is 12.1 Å². The van der Waals surface area contributed by atoms with Crippen molar-refractivity contribution in [3.8, 4) is 5.75 Å². The largest absolute Gasteiger partial charge is 0.493 e. The van der Waals surface area contributed by atoms with E-state index in [1.807, 2.05) is 0 Å². The zero-order valence-corrected chi connectivity index (χ0v) is 10.7. The Labute approximate surface area is 108 Å². The van der Waals surface area contributed by atoms with E-state index in [2.05, 4.69) is 23.2 Å². The molecular weight excluding hydrogens is 226 g/mol. The molecule has 0 bridgehead atoms. The Balaban J connectivity index is 1.88. The molecule has 0 unspecified atom stereocenters. The summed E-state index contributed by atoms with van der Waals surface area (Å²) in [6.07, 6.45) is 5.71. The molecule has 1 aromatic rings. The van der Waals surface area contributed by atoms with Gasteiger partial charge in [0.05, 0.1) is 6.61 Å². The van der Waals surface area contributed by atoms with Gasteiger partial charge in [-0.25, -0.2) is 0 Å². The Morgan fingerprint density at radius 3 is 2.89 bits per heavy atom. The molecule has 0 aromatic heterocycles. The van der Waals surface area contributed by atoms with Gasteiger partial charge < -0.3 is 16.2 Å². The summed E-state index contributed by atoms with van der Waals surface area (Å²) in [5, 5.41) is 0. The van der Waals surface area contributed by atoms with Crippen LogP contribution in [0.5, 0.6) is 5.75 Å². The van der Waals surface area contributed by atoms with Crippen LogP contribution in [0.3, 0.4) is 0 Å². The van der Waals surface area contributed by atoms with E-state index in [9.17, 15) is 0 Å². The SMILES string of the molecule is NC(N)=NCCCOc1cccc2c1CCCC2. The molecule has 0 amide bonds. The summed E-state index contributed by atoms with van der Waals surface area (Å²) in [5.41, 5.74) is 13.4. The predicted octanol–water partition coefficient (Wildman–Crippen LogP) is 1.61. The molecule has 4 nitrogen and oxygen atoms in total. The van der Waals surface area contributed by atoms with Gasteiger partial charge in [0.1, 0.15) is 5.75 Å². The lowest BCUT2D eigenvalue weighted by Crippen LogP contribution is -2.23. The maximum Gasteiger partial charge on any atom is 0.185 e. The van der Waals surface area contributed by atoms with Gasteiger partial charge in [-0.15, -0.1) is 0 Å². The van der Waals surface area contributed by atoms with Crippen LogP contribution in [-0.2, 0) is 12.8 Å². The average molecular weight is 247 g/mol. The van der Waals surface area contributed by atoms with E-state index in [4.69, 9.17) is 16.2 Å². The topological polar surface area (TPSA) is 73.6 Å². The Kier molecular flexibility index (Phi) is 4.45. The number of fused-ring (bicyclic) bond motifs is 1. The first-order chi connectivity index (χ1) is 8.77. The van der Waals surface area contributed by atoms with Gasteiger partial charge in [-0.3, -0.25) is 4.99 Å². The van der Waals surface area contributed by atoms with Crippen LogP contribution in [-0.4, -0.2) is 19.1 Å². The first-order valence-electron chi connectivity index (χ1n) is 6.56. The molecule has 18 heavy (non-hydrogen) atoms. The predicted molar refractivity (Wildman–Crippen MR) is 73.9 cm³/mol. The summed E-state index contributed by atoms with van der Waals surface area (Å²) < 4.78 is 5.84. The van der Waals surface area contributed by atoms with Crippen molar-refractivity contribution in [1.82, 2.24) is 0 Å². The third-order valence-corrected chi connectivity index (χ3v) is 3.21. The minimum absolute atomic E-state index is 0.145. The third-order valence-electron chi connectivity index (χ3n) is 3.21. The fourth-order valence-electron chi connectivity index (χ4n) is 2.34. The highest BCUT2D eigenvalue weighted by molar-refractivity contribution is 5.75. The van der Waals surface area contributed by atoms with Crippen LogP contribution in [0.15, 0.2) is 23.2 Å². The van der Waals surface area contributed by atoms with Gasteiger partial charge in [-0.2, -0.15) is 0 Å². The molecule has 2 rings (SSSR count). The summed E-state index contributed by atoms with van der Waals surface area (Å²) in [6.45, 7) is 1.28. The van der Waals surface area contributed by atoms with E-state index < -0.39 is 0 Å². The number of rotatable bonds is 5. The average Bonchev–Trinajstić information content (AvgIpc) is 2.38. The fraction of sp³-hybridized carbons (Fsp3) is 0.500. The van der Waals surface area contributed by atoms with Crippen LogP contribution in [0, 0.1) is 0 Å². The molecule has 4 heteroatoms. The molecule has 4 N–H and O–H groups in total. The molecule has 0 heterocycles. The lowest BCUT2D eigenvalue weighted by Gasteiger charge is -2.19. The molecule has 0 radical (unpaired) electrons. The standard InChI is InChI=1S/C14H21N3O/c15-14(16)17-9-4-10-18-13-8-3-6-11-5-1-2-7-12(11)13/h3,6,8H,1-2,4-5,7,9-10H2,(H4,15,16,17). The summed E-state index contributed by atoms with van der Waals surface area (Å²) >= 11 is 0. The van der Waals surface area contributed by atoms with Crippen LogP contribution in [0.2, 0.25) is 0 Å². The first-order valence-corrected chi connectivity index (χ1v) is 6.56. The van der Waals surface area contributed by atoms with Crippen molar-refractivity contribution < 1.29 is 4.74 Å². The van der Waals surface area contributed by atoms with Gasteiger partial charge >= 0.3 is 0 Å². The van der Waals surface area contributed by atoms with E-state index in [1.165, 1.54) is 30.4 Å². The second-order valence-corrected chi connectivity index (χ2v) is 4.61. The van der Waals surface area contributed by atoms with Crippen molar-refractivity contribution in [3.63, 3.8) is 0 Å². The Hall–Kier alpha value is -1.71. The maximum atomic E-state index is 5.84. The van der Waals surface area contributed by atoms with Crippen LogP contribution < -0.4 is 16.2 Å². The zero-order valence-electron chi connectivity index (χ0n) is 10.7. The summed E-state index contributed by atoms with van der Waals surface area (Å²) in [4.78, 5) is 3.94. The fourth-order valence-corrected chi connectivity index (χ4v) is 2.34. The zero-order chi connectivity index (χ0) is 12.8. The third kappa shape index (κ3) is 3.39. The first kappa shape index (κ1) is 12.7. The number of aryl methyl sites for hydroxylation is 1. The highest BCUT2D eigenvalue weighted by Gasteiger charge is 2.13. The van der Waals surface area contributed by atoms with Gasteiger partial charge in [0, 0.05) is 13.0 Å². The van der Waals surface area contributed by atoms with Gasteiger partial charge in [0.15, 0.2) is 5.96 Å². The molecule has 0 saturated heterocycles. The number of nitrogens with two attached hydrogens (primary N) is 2. The van der Waals surface area contributed by atoms with Crippen molar-refractivity contribution in [2.45, 2.75) is 32.1 Å². The highest BCUT2D eigenvalue weighted by atomic mass is 16.5. The Bertz CT molecular complexity index is 425. The molecule has 98 valence electrons. The monoisotopic (exact) mass is 247 g/mol. The number of guanidine groups is 1. The molecule has 0 spiro atoms. The summed E-state index contributed by atoms with van der Waals surface area (Å²) in [6, 6.07) is 6.35. The number of hydrogen-bond acceptors (Lipinski definition) is 2. The van der Waals surface area contributed by atoms with E-state index in [1.54, 1.807) is 0 Å². The molecule has 0 saturated carbocycles. The van der Waals surface area contributed by atoms with Crippen molar-refractivity contribution in [3.05, 3.63) is 29.3 Å². The second-order valence-electron chi connectivity index (χ2n) is 4.61. The van der Waals surface area contributed by atoms with Crippen molar-refractivity contribution >= 4 is 5.96 Å². The van der Waals surface area contributed by atoms with Crippen molar-refractivity contribution in [1.29, 1.82) is 0 Å². The summed E-state index contributed by atoms with van der Waals surface area (Å²) in [7, 11) is 0. The lowest BCUT2D eigenvalue weighted by atomic mass is 9.91. The number of benzene rings is 1. The van der Waals surface area contributed by atoms with Gasteiger partial charge in [0.2, 0.25) is 0 Å². The lowest BCUT2D eigenvalue weighted by molar-refractivity contribution is 0.309. The molecule has 0 fully saturated rings. The number of nitrogens with zero attached hydrogens (tertiary/aromatic N) is 1. The normalized spacial score (nSPS) is 13.8. The molecule has 1 aromatic carbocycles. The van der Waals surface area contributed by atoms with E-state index >= 15 is 0 Å². The van der Waals surface area contributed by atoms with Gasteiger partial charge in [0.25, 0.3) is 0 Å². The number of aliphatic imine (C=N–C) groups is 1. The van der Waals surface area contributed by atoms with Crippen LogP contribution in [0.1, 0.15) is 30.4 Å². The molecule has 1 aliphatic carbocycles. The Morgan fingerprint density at radius 2 is 2.06 bits per heavy atom. The highest BCUT2D eigenvalue weighted by Crippen LogP contribution is 2.29.